The van der Waals surface area contributed by atoms with Gasteiger partial charge in [-0.05, 0) is 18.8 Å². The van der Waals surface area contributed by atoms with Crippen molar-refractivity contribution in [2.75, 3.05) is 44.2 Å². The number of likely N-dealkylation sites (tertiary alicyclic amines) is 1. The summed E-state index contributed by atoms with van der Waals surface area (Å²) in [7, 11) is 0. The van der Waals surface area contributed by atoms with Crippen molar-refractivity contribution in [3.05, 3.63) is 35.7 Å². The van der Waals surface area contributed by atoms with E-state index in [9.17, 15) is 10.2 Å². The van der Waals surface area contributed by atoms with Crippen LogP contribution in [0.1, 0.15) is 12.8 Å². The Balaban J connectivity index is 1.41. The van der Waals surface area contributed by atoms with E-state index < -0.39 is 0 Å². The molecule has 2 saturated heterocycles. The molecule has 1 aromatic carbocycles. The van der Waals surface area contributed by atoms with E-state index in [1.54, 1.807) is 11.3 Å². The van der Waals surface area contributed by atoms with E-state index >= 15 is 0 Å². The highest BCUT2D eigenvalue weighted by Crippen LogP contribution is 2.33. The van der Waals surface area contributed by atoms with Crippen molar-refractivity contribution in [2.24, 2.45) is 11.8 Å². The van der Waals surface area contributed by atoms with Crippen LogP contribution < -0.4 is 4.90 Å². The Morgan fingerprint density at radius 2 is 1.81 bits per heavy atom. The molecule has 26 heavy (non-hydrogen) atoms. The van der Waals surface area contributed by atoms with Gasteiger partial charge >= 0.3 is 0 Å². The first-order valence-electron chi connectivity index (χ1n) is 9.50. The zero-order valence-electron chi connectivity index (χ0n) is 15.0. The number of aliphatic hydroxyl groups is 2. The molecule has 0 unspecified atom stereocenters. The van der Waals surface area contributed by atoms with Crippen LogP contribution in [0.2, 0.25) is 0 Å². The molecule has 0 bridgehead atoms. The van der Waals surface area contributed by atoms with Gasteiger partial charge in [-0.1, -0.05) is 30.3 Å². The molecule has 6 heteroatoms. The monoisotopic (exact) mass is 373 g/mol. The number of rotatable bonds is 5. The Hall–Kier alpha value is -1.47. The van der Waals surface area contributed by atoms with Crippen LogP contribution in [-0.2, 0) is 0 Å². The maximum atomic E-state index is 9.85. The van der Waals surface area contributed by atoms with Crippen molar-refractivity contribution in [2.45, 2.75) is 18.9 Å². The van der Waals surface area contributed by atoms with E-state index in [0.717, 1.165) is 62.0 Å². The van der Waals surface area contributed by atoms with Gasteiger partial charge in [0.15, 0.2) is 5.13 Å². The van der Waals surface area contributed by atoms with Gasteiger partial charge in [0.25, 0.3) is 0 Å². The van der Waals surface area contributed by atoms with Crippen molar-refractivity contribution in [1.82, 2.24) is 9.88 Å². The molecule has 0 amide bonds. The van der Waals surface area contributed by atoms with E-state index in [0.29, 0.717) is 11.8 Å². The minimum atomic E-state index is -0.133. The third-order valence-electron chi connectivity index (χ3n) is 5.69. The molecule has 3 heterocycles. The molecule has 1 aromatic heterocycles. The second kappa shape index (κ2) is 8.05. The third-order valence-corrected chi connectivity index (χ3v) is 6.59. The molecule has 0 spiro atoms. The molecule has 2 fully saturated rings. The summed E-state index contributed by atoms with van der Waals surface area (Å²) in [5.41, 5.74) is 2.18. The van der Waals surface area contributed by atoms with Crippen molar-refractivity contribution in [3.8, 4) is 11.3 Å². The third kappa shape index (κ3) is 3.93. The van der Waals surface area contributed by atoms with Crippen molar-refractivity contribution in [3.63, 3.8) is 0 Å². The zero-order valence-corrected chi connectivity index (χ0v) is 15.8. The van der Waals surface area contributed by atoms with Crippen LogP contribution in [0, 0.1) is 11.8 Å². The summed E-state index contributed by atoms with van der Waals surface area (Å²) in [4.78, 5) is 9.62. The van der Waals surface area contributed by atoms with Gasteiger partial charge in [0, 0.05) is 56.2 Å². The molecule has 0 radical (unpaired) electrons. The lowest BCUT2D eigenvalue weighted by Crippen LogP contribution is -2.40. The second-order valence-corrected chi connectivity index (χ2v) is 8.36. The average Bonchev–Trinajstić information content (AvgIpc) is 3.31. The fourth-order valence-corrected chi connectivity index (χ4v) is 4.95. The molecule has 2 aliphatic rings. The molecule has 0 aliphatic carbocycles. The number of aromatic nitrogens is 1. The molecule has 5 nitrogen and oxygen atoms in total. The van der Waals surface area contributed by atoms with Crippen molar-refractivity contribution >= 4 is 16.5 Å². The van der Waals surface area contributed by atoms with Gasteiger partial charge in [0.2, 0.25) is 0 Å². The van der Waals surface area contributed by atoms with Gasteiger partial charge in [-0.25, -0.2) is 4.98 Å². The summed E-state index contributed by atoms with van der Waals surface area (Å²) < 4.78 is 0. The molecule has 2 aliphatic heterocycles. The van der Waals surface area contributed by atoms with E-state index in [4.69, 9.17) is 4.98 Å². The lowest BCUT2D eigenvalue weighted by Gasteiger charge is -2.32. The molecule has 4 rings (SSSR count). The second-order valence-electron chi connectivity index (χ2n) is 7.52. The lowest BCUT2D eigenvalue weighted by molar-refractivity contribution is 0.0687. The minimum Gasteiger partial charge on any atom is -0.396 e. The summed E-state index contributed by atoms with van der Waals surface area (Å²) >= 11 is 1.69. The Labute approximate surface area is 158 Å². The van der Waals surface area contributed by atoms with E-state index in [1.807, 2.05) is 18.2 Å². The average molecular weight is 374 g/mol. The van der Waals surface area contributed by atoms with Crippen molar-refractivity contribution < 1.29 is 10.2 Å². The SMILES string of the molecule is OC[C@H]1CN(c2nc(-c3ccccc3)cs2)C[C@H]1CN1CCC(O)CC1. The highest BCUT2D eigenvalue weighted by atomic mass is 32.1. The van der Waals surface area contributed by atoms with Crippen LogP contribution in [0.5, 0.6) is 0 Å². The van der Waals surface area contributed by atoms with Gasteiger partial charge < -0.3 is 20.0 Å². The fraction of sp³-hybridized carbons (Fsp3) is 0.550. The van der Waals surface area contributed by atoms with Gasteiger partial charge in [-0.2, -0.15) is 0 Å². The van der Waals surface area contributed by atoms with Crippen LogP contribution >= 0.6 is 11.3 Å². The van der Waals surface area contributed by atoms with Gasteiger partial charge in [0.05, 0.1) is 11.8 Å². The van der Waals surface area contributed by atoms with E-state index in [-0.39, 0.29) is 12.7 Å². The first-order valence-corrected chi connectivity index (χ1v) is 10.4. The molecule has 2 N–H and O–H groups in total. The van der Waals surface area contributed by atoms with Crippen LogP contribution in [0.3, 0.4) is 0 Å². The number of nitrogens with zero attached hydrogens (tertiary/aromatic N) is 3. The smallest absolute Gasteiger partial charge is 0.185 e. The largest absolute Gasteiger partial charge is 0.396 e. The summed E-state index contributed by atoms with van der Waals surface area (Å²) in [6, 6.07) is 10.3. The Morgan fingerprint density at radius 3 is 2.54 bits per heavy atom. The number of benzene rings is 1. The summed E-state index contributed by atoms with van der Waals surface area (Å²) in [5.74, 6) is 0.755. The predicted octanol–water partition coefficient (Wildman–Crippen LogP) is 2.31. The maximum Gasteiger partial charge on any atom is 0.185 e. The molecule has 0 saturated carbocycles. The fourth-order valence-electron chi connectivity index (χ4n) is 4.09. The van der Waals surface area contributed by atoms with Crippen LogP contribution in [0.4, 0.5) is 5.13 Å². The van der Waals surface area contributed by atoms with Crippen LogP contribution in [0.15, 0.2) is 35.7 Å². The van der Waals surface area contributed by atoms with Crippen LogP contribution in [-0.4, -0.2) is 65.5 Å². The quantitative estimate of drug-likeness (QED) is 0.842. The van der Waals surface area contributed by atoms with Gasteiger partial charge in [-0.15, -0.1) is 11.3 Å². The highest BCUT2D eigenvalue weighted by Gasteiger charge is 2.35. The molecule has 140 valence electrons. The topological polar surface area (TPSA) is 59.8 Å². The Morgan fingerprint density at radius 1 is 1.08 bits per heavy atom. The number of anilines is 1. The summed E-state index contributed by atoms with van der Waals surface area (Å²) in [6.45, 7) is 4.99. The number of aliphatic hydroxyl groups excluding tert-OH is 2. The standard InChI is InChI=1S/C20H27N3O2S/c24-13-17-12-23(11-16(17)10-22-8-6-18(25)7-9-22)20-21-19(14-26-20)15-4-2-1-3-5-15/h1-5,14,16-18,24-25H,6-13H2/t16-,17-/m1/s1. The zero-order chi connectivity index (χ0) is 17.9. The van der Waals surface area contributed by atoms with Crippen LogP contribution in [0.25, 0.3) is 11.3 Å². The van der Waals surface area contributed by atoms with Gasteiger partial charge in [-0.3, -0.25) is 0 Å². The molecule has 2 aromatic rings. The molecular weight excluding hydrogens is 346 g/mol. The minimum absolute atomic E-state index is 0.133. The Kier molecular flexibility index (Phi) is 5.55. The van der Waals surface area contributed by atoms with E-state index in [2.05, 4.69) is 27.3 Å². The first-order chi connectivity index (χ1) is 12.7. The number of hydrogen-bond donors (Lipinski definition) is 2. The predicted molar refractivity (Wildman–Crippen MR) is 106 cm³/mol. The number of thiazole rings is 1. The first kappa shape index (κ1) is 17.9. The summed E-state index contributed by atoms with van der Waals surface area (Å²) in [5, 5.41) is 22.7. The van der Waals surface area contributed by atoms with Crippen molar-refractivity contribution in [1.29, 1.82) is 0 Å². The molecule has 2 atom stereocenters. The lowest BCUT2D eigenvalue weighted by atomic mass is 9.95. The van der Waals surface area contributed by atoms with E-state index in [1.165, 1.54) is 0 Å². The molecular formula is C20H27N3O2S. The normalized spacial score (nSPS) is 25.1. The maximum absolute atomic E-state index is 9.85. The summed E-state index contributed by atoms with van der Waals surface area (Å²) in [6.07, 6.45) is 1.60. The highest BCUT2D eigenvalue weighted by molar-refractivity contribution is 7.14. The number of piperidine rings is 1. The van der Waals surface area contributed by atoms with Gasteiger partial charge in [0.1, 0.15) is 0 Å². The Bertz CT molecular complexity index is 700. The number of hydrogen-bond acceptors (Lipinski definition) is 6.